The van der Waals surface area contributed by atoms with Gasteiger partial charge in [-0.3, -0.25) is 9.10 Å². The highest BCUT2D eigenvalue weighted by Gasteiger charge is 2.35. The van der Waals surface area contributed by atoms with E-state index in [1.165, 1.54) is 4.31 Å². The summed E-state index contributed by atoms with van der Waals surface area (Å²) in [5, 5.41) is 2.98. The molecule has 0 spiro atoms. The summed E-state index contributed by atoms with van der Waals surface area (Å²) < 4.78 is 36.9. The van der Waals surface area contributed by atoms with E-state index in [2.05, 4.69) is 5.32 Å². The standard InChI is InChI=1S/C21H26N2O5S/c1-5-17(15-7-9-16(27-3)10-8-15)22-21(24)20-13-23(29(4,25)26)18-12-14(2)6-11-19(18)28-20/h6-12,17,20H,5,13H2,1-4H3,(H,22,24)/t17-,20-/m0/s1. The average Bonchev–Trinajstić information content (AvgIpc) is 2.70. The number of amides is 1. The molecular weight excluding hydrogens is 392 g/mol. The van der Waals surface area contributed by atoms with Crippen LogP contribution in [0.3, 0.4) is 0 Å². The number of nitrogens with zero attached hydrogens (tertiary/aromatic N) is 1. The second-order valence-electron chi connectivity index (χ2n) is 7.11. The molecule has 0 aliphatic carbocycles. The number of sulfonamides is 1. The Morgan fingerprint density at radius 1 is 1.28 bits per heavy atom. The van der Waals surface area contributed by atoms with Gasteiger partial charge in [0.05, 0.1) is 31.6 Å². The number of carbonyl (C=O) groups excluding carboxylic acids is 1. The quantitative estimate of drug-likeness (QED) is 0.780. The van der Waals surface area contributed by atoms with Crippen LogP contribution in [0, 0.1) is 6.92 Å². The van der Waals surface area contributed by atoms with E-state index in [0.29, 0.717) is 17.9 Å². The zero-order chi connectivity index (χ0) is 21.2. The summed E-state index contributed by atoms with van der Waals surface area (Å²) in [5.41, 5.74) is 2.31. The first-order chi connectivity index (χ1) is 13.7. The fourth-order valence-electron chi connectivity index (χ4n) is 3.33. The summed E-state index contributed by atoms with van der Waals surface area (Å²) in [6.07, 6.45) is 0.870. The molecule has 8 heteroatoms. The fourth-order valence-corrected chi connectivity index (χ4v) is 4.24. The van der Waals surface area contributed by atoms with Gasteiger partial charge in [-0.25, -0.2) is 8.42 Å². The zero-order valence-electron chi connectivity index (χ0n) is 17.0. The molecule has 1 N–H and O–H groups in total. The van der Waals surface area contributed by atoms with Crippen LogP contribution in [0.15, 0.2) is 42.5 Å². The molecule has 29 heavy (non-hydrogen) atoms. The molecule has 0 unspecified atom stereocenters. The molecule has 2 aromatic rings. The smallest absolute Gasteiger partial charge is 0.263 e. The van der Waals surface area contributed by atoms with Crippen molar-refractivity contribution in [3.8, 4) is 11.5 Å². The van der Waals surface area contributed by atoms with Gasteiger partial charge in [-0.1, -0.05) is 25.1 Å². The van der Waals surface area contributed by atoms with Crippen molar-refractivity contribution in [3.05, 3.63) is 53.6 Å². The van der Waals surface area contributed by atoms with E-state index in [1.54, 1.807) is 19.2 Å². The Balaban J connectivity index is 1.82. The number of hydrogen-bond donors (Lipinski definition) is 1. The van der Waals surface area contributed by atoms with Crippen LogP contribution >= 0.6 is 0 Å². The maximum atomic E-state index is 12.9. The van der Waals surface area contributed by atoms with Gasteiger partial charge in [0.25, 0.3) is 5.91 Å². The van der Waals surface area contributed by atoms with Crippen LogP contribution in [-0.4, -0.2) is 40.3 Å². The Morgan fingerprint density at radius 3 is 2.55 bits per heavy atom. The molecule has 1 aliphatic heterocycles. The van der Waals surface area contributed by atoms with Crippen LogP contribution in [0.1, 0.15) is 30.5 Å². The maximum absolute atomic E-state index is 12.9. The van der Waals surface area contributed by atoms with E-state index in [-0.39, 0.29) is 18.5 Å². The SMILES string of the molecule is CC[C@H](NC(=O)[C@@H]1CN(S(C)(=O)=O)c2cc(C)ccc2O1)c1ccc(OC)cc1. The number of aryl methyl sites for hydroxylation is 1. The van der Waals surface area contributed by atoms with E-state index in [4.69, 9.17) is 9.47 Å². The Hall–Kier alpha value is -2.74. The molecular formula is C21H26N2O5S. The molecule has 2 aromatic carbocycles. The number of rotatable bonds is 6. The lowest BCUT2D eigenvalue weighted by Gasteiger charge is -2.34. The van der Waals surface area contributed by atoms with E-state index in [1.807, 2.05) is 44.2 Å². The molecule has 2 atom stereocenters. The highest BCUT2D eigenvalue weighted by molar-refractivity contribution is 7.92. The summed E-state index contributed by atoms with van der Waals surface area (Å²) in [4.78, 5) is 12.9. The van der Waals surface area contributed by atoms with Crippen molar-refractivity contribution in [1.82, 2.24) is 5.32 Å². The first-order valence-corrected chi connectivity index (χ1v) is 11.3. The second-order valence-corrected chi connectivity index (χ2v) is 9.02. The van der Waals surface area contributed by atoms with Crippen LogP contribution < -0.4 is 19.1 Å². The van der Waals surface area contributed by atoms with Gasteiger partial charge in [-0.15, -0.1) is 0 Å². The predicted molar refractivity (Wildman–Crippen MR) is 112 cm³/mol. The highest BCUT2D eigenvalue weighted by atomic mass is 32.2. The molecule has 7 nitrogen and oxygen atoms in total. The third kappa shape index (κ3) is 4.64. The van der Waals surface area contributed by atoms with Gasteiger partial charge in [0, 0.05) is 0 Å². The zero-order valence-corrected chi connectivity index (χ0v) is 17.8. The van der Waals surface area contributed by atoms with E-state index in [9.17, 15) is 13.2 Å². The van der Waals surface area contributed by atoms with Gasteiger partial charge >= 0.3 is 0 Å². The fraction of sp³-hybridized carbons (Fsp3) is 0.381. The largest absolute Gasteiger partial charge is 0.497 e. The van der Waals surface area contributed by atoms with Gasteiger partial charge in [0.1, 0.15) is 11.5 Å². The molecule has 1 amide bonds. The Labute approximate surface area is 171 Å². The Morgan fingerprint density at radius 2 is 1.97 bits per heavy atom. The number of benzene rings is 2. The lowest BCUT2D eigenvalue weighted by Crippen LogP contribution is -2.51. The molecule has 0 radical (unpaired) electrons. The molecule has 0 bridgehead atoms. The van der Waals surface area contributed by atoms with E-state index in [0.717, 1.165) is 23.1 Å². The number of anilines is 1. The van der Waals surface area contributed by atoms with Gasteiger partial charge in [0.2, 0.25) is 10.0 Å². The molecule has 0 saturated carbocycles. The molecule has 0 fully saturated rings. The monoisotopic (exact) mass is 418 g/mol. The minimum Gasteiger partial charge on any atom is -0.497 e. The molecule has 0 saturated heterocycles. The number of hydrogen-bond acceptors (Lipinski definition) is 5. The lowest BCUT2D eigenvalue weighted by atomic mass is 10.0. The normalized spacial score (nSPS) is 17.1. The number of carbonyl (C=O) groups is 1. The van der Waals surface area contributed by atoms with Crippen LogP contribution in [0.2, 0.25) is 0 Å². The first kappa shape index (κ1) is 21.0. The predicted octanol–water partition coefficient (Wildman–Crippen LogP) is 2.80. The van der Waals surface area contributed by atoms with Crippen molar-refractivity contribution in [2.24, 2.45) is 0 Å². The lowest BCUT2D eigenvalue weighted by molar-refractivity contribution is -0.128. The second kappa shape index (κ2) is 8.32. The van der Waals surface area contributed by atoms with Gasteiger partial charge in [0.15, 0.2) is 6.10 Å². The van der Waals surface area contributed by atoms with Crippen LogP contribution in [-0.2, 0) is 14.8 Å². The van der Waals surface area contributed by atoms with Crippen LogP contribution in [0.25, 0.3) is 0 Å². The van der Waals surface area contributed by atoms with E-state index >= 15 is 0 Å². The molecule has 0 aromatic heterocycles. The summed E-state index contributed by atoms with van der Waals surface area (Å²) >= 11 is 0. The molecule has 3 rings (SSSR count). The van der Waals surface area contributed by atoms with Crippen LogP contribution in [0.5, 0.6) is 11.5 Å². The third-order valence-corrected chi connectivity index (χ3v) is 6.07. The van der Waals surface area contributed by atoms with Gasteiger partial charge in [-0.2, -0.15) is 0 Å². The summed E-state index contributed by atoms with van der Waals surface area (Å²) in [6, 6.07) is 12.5. The topological polar surface area (TPSA) is 84.9 Å². The number of methoxy groups -OCH3 is 1. The summed E-state index contributed by atoms with van der Waals surface area (Å²) in [7, 11) is -1.96. The Kier molecular flexibility index (Phi) is 6.02. The maximum Gasteiger partial charge on any atom is 0.263 e. The van der Waals surface area contributed by atoms with Gasteiger partial charge in [-0.05, 0) is 48.7 Å². The summed E-state index contributed by atoms with van der Waals surface area (Å²) in [6.45, 7) is 3.78. The minimum absolute atomic E-state index is 0.0693. The minimum atomic E-state index is -3.56. The van der Waals surface area contributed by atoms with Crippen molar-refractivity contribution in [3.63, 3.8) is 0 Å². The van der Waals surface area contributed by atoms with Crippen molar-refractivity contribution in [1.29, 1.82) is 0 Å². The first-order valence-electron chi connectivity index (χ1n) is 9.42. The summed E-state index contributed by atoms with van der Waals surface area (Å²) in [5.74, 6) is 0.763. The van der Waals surface area contributed by atoms with Crippen molar-refractivity contribution >= 4 is 21.6 Å². The van der Waals surface area contributed by atoms with Crippen molar-refractivity contribution in [2.75, 3.05) is 24.2 Å². The number of ether oxygens (including phenoxy) is 2. The highest BCUT2D eigenvalue weighted by Crippen LogP contribution is 2.36. The number of fused-ring (bicyclic) bond motifs is 1. The van der Waals surface area contributed by atoms with Crippen molar-refractivity contribution < 1.29 is 22.7 Å². The average molecular weight is 419 g/mol. The molecule has 156 valence electrons. The molecule has 1 aliphatic rings. The van der Waals surface area contributed by atoms with Gasteiger partial charge < -0.3 is 14.8 Å². The Bertz CT molecular complexity index is 989. The number of nitrogens with one attached hydrogen (secondary N) is 1. The third-order valence-electron chi connectivity index (χ3n) is 4.92. The van der Waals surface area contributed by atoms with E-state index < -0.39 is 16.1 Å². The van der Waals surface area contributed by atoms with Crippen LogP contribution in [0.4, 0.5) is 5.69 Å². The molecule has 1 heterocycles. The van der Waals surface area contributed by atoms with Crippen molar-refractivity contribution in [2.45, 2.75) is 32.4 Å².